The zero-order valence-electron chi connectivity index (χ0n) is 20.1. The molecule has 0 bridgehead atoms. The third-order valence-electron chi connectivity index (χ3n) is 7.05. The van der Waals surface area contributed by atoms with Crippen LogP contribution in [0.5, 0.6) is 0 Å². The highest BCUT2D eigenvalue weighted by Crippen LogP contribution is 2.38. The van der Waals surface area contributed by atoms with Gasteiger partial charge >= 0.3 is 0 Å². The number of thiazole rings is 1. The Balaban J connectivity index is 1.11. The monoisotopic (exact) mass is 495 g/mol. The number of fused-ring (bicyclic) bond motifs is 1. The summed E-state index contributed by atoms with van der Waals surface area (Å²) in [6.45, 7) is 1.47. The van der Waals surface area contributed by atoms with Crippen LogP contribution in [0.4, 0.5) is 10.8 Å². The Morgan fingerprint density at radius 2 is 1.69 bits per heavy atom. The SMILES string of the molecule is O=C(c1ccccc1)N1CC2(CCCC2)N=C1Nc1ccc(CCNc2nc3ccccc3s2)cc1. The molecule has 1 spiro atoms. The summed E-state index contributed by atoms with van der Waals surface area (Å²) in [5.41, 5.74) is 3.77. The standard InChI is InChI=1S/C29H29N5OS/c35-26(22-8-2-1-3-9-22)34-20-29(17-6-7-18-29)33-27(34)31-23-14-12-21(13-15-23)16-19-30-28-32-24-10-4-5-11-25(24)36-28/h1-5,8-15H,6-7,16-20H2,(H,30,32)(H,31,33). The first-order valence-corrected chi connectivity index (χ1v) is 13.4. The maximum Gasteiger partial charge on any atom is 0.260 e. The van der Waals surface area contributed by atoms with Crippen molar-refractivity contribution in [2.75, 3.05) is 23.7 Å². The number of aliphatic imine (C=N–C) groups is 1. The van der Waals surface area contributed by atoms with Crippen molar-refractivity contribution in [2.24, 2.45) is 4.99 Å². The van der Waals surface area contributed by atoms with E-state index in [0.29, 0.717) is 18.1 Å². The first kappa shape index (κ1) is 22.7. The molecule has 2 N–H and O–H groups in total. The summed E-state index contributed by atoms with van der Waals surface area (Å²) in [7, 11) is 0. The van der Waals surface area contributed by atoms with Crippen molar-refractivity contribution in [3.8, 4) is 0 Å². The molecule has 7 heteroatoms. The Kier molecular flexibility index (Phi) is 6.15. The number of aromatic nitrogens is 1. The van der Waals surface area contributed by atoms with Gasteiger partial charge in [0.25, 0.3) is 5.91 Å². The second kappa shape index (κ2) is 9.74. The normalized spacial score (nSPS) is 16.4. The first-order chi connectivity index (χ1) is 17.7. The molecule has 4 aromatic rings. The van der Waals surface area contributed by atoms with E-state index in [1.54, 1.807) is 11.3 Å². The van der Waals surface area contributed by atoms with E-state index in [0.717, 1.165) is 42.1 Å². The Morgan fingerprint density at radius 1 is 0.944 bits per heavy atom. The van der Waals surface area contributed by atoms with Gasteiger partial charge in [-0.2, -0.15) is 0 Å². The van der Waals surface area contributed by atoms with Gasteiger partial charge in [-0.15, -0.1) is 0 Å². The smallest absolute Gasteiger partial charge is 0.260 e. The Hall–Kier alpha value is -3.71. The molecule has 36 heavy (non-hydrogen) atoms. The lowest BCUT2D eigenvalue weighted by Gasteiger charge is -2.23. The van der Waals surface area contributed by atoms with Gasteiger partial charge in [0.2, 0.25) is 5.96 Å². The van der Waals surface area contributed by atoms with Crippen LogP contribution in [0.15, 0.2) is 83.9 Å². The number of hydrogen-bond acceptors (Lipinski definition) is 6. The minimum absolute atomic E-state index is 0.00293. The summed E-state index contributed by atoms with van der Waals surface area (Å²) in [6.07, 6.45) is 5.32. The van der Waals surface area contributed by atoms with Crippen LogP contribution in [0.2, 0.25) is 0 Å². The van der Waals surface area contributed by atoms with Crippen molar-refractivity contribution in [1.29, 1.82) is 0 Å². The van der Waals surface area contributed by atoms with Gasteiger partial charge in [-0.25, -0.2) is 9.98 Å². The topological polar surface area (TPSA) is 69.6 Å². The molecule has 0 radical (unpaired) electrons. The van der Waals surface area contributed by atoms with E-state index in [4.69, 9.17) is 4.99 Å². The van der Waals surface area contributed by atoms with E-state index >= 15 is 0 Å². The number of nitrogens with zero attached hydrogens (tertiary/aromatic N) is 3. The highest BCUT2D eigenvalue weighted by Gasteiger charge is 2.44. The Morgan fingerprint density at radius 3 is 2.47 bits per heavy atom. The molecule has 1 aliphatic carbocycles. The summed E-state index contributed by atoms with van der Waals surface area (Å²) in [6, 6.07) is 26.1. The molecule has 1 fully saturated rings. The molecule has 1 aromatic heterocycles. The highest BCUT2D eigenvalue weighted by molar-refractivity contribution is 7.22. The van der Waals surface area contributed by atoms with Crippen LogP contribution in [0.3, 0.4) is 0 Å². The van der Waals surface area contributed by atoms with E-state index in [1.807, 2.05) is 53.4 Å². The number of anilines is 2. The molecule has 6 nitrogen and oxygen atoms in total. The van der Waals surface area contributed by atoms with Crippen LogP contribution >= 0.6 is 11.3 Å². The number of carbonyl (C=O) groups is 1. The Labute approximate surface area is 215 Å². The van der Waals surface area contributed by atoms with Gasteiger partial charge in [-0.3, -0.25) is 9.69 Å². The first-order valence-electron chi connectivity index (χ1n) is 12.6. The van der Waals surface area contributed by atoms with Crippen molar-refractivity contribution in [1.82, 2.24) is 9.88 Å². The molecule has 6 rings (SSSR count). The number of benzene rings is 3. The van der Waals surface area contributed by atoms with E-state index in [1.165, 1.54) is 23.1 Å². The van der Waals surface area contributed by atoms with E-state index in [-0.39, 0.29) is 11.4 Å². The summed E-state index contributed by atoms with van der Waals surface area (Å²) < 4.78 is 1.20. The van der Waals surface area contributed by atoms with E-state index < -0.39 is 0 Å². The van der Waals surface area contributed by atoms with Gasteiger partial charge in [0.1, 0.15) is 0 Å². The molecule has 1 aliphatic heterocycles. The number of para-hydroxylation sites is 1. The molecule has 2 heterocycles. The quantitative estimate of drug-likeness (QED) is 0.335. The maximum atomic E-state index is 13.3. The van der Waals surface area contributed by atoms with Gasteiger partial charge < -0.3 is 10.6 Å². The van der Waals surface area contributed by atoms with Crippen LogP contribution in [-0.4, -0.2) is 40.4 Å². The molecule has 0 unspecified atom stereocenters. The molecule has 0 saturated heterocycles. The molecule has 1 saturated carbocycles. The van der Waals surface area contributed by atoms with Crippen molar-refractivity contribution >= 4 is 44.2 Å². The average Bonchev–Trinajstić information content (AvgIpc) is 3.64. The Bertz CT molecular complexity index is 1360. The van der Waals surface area contributed by atoms with Crippen LogP contribution < -0.4 is 10.6 Å². The molecule has 182 valence electrons. The van der Waals surface area contributed by atoms with Crippen LogP contribution in [0.1, 0.15) is 41.6 Å². The summed E-state index contributed by atoms with van der Waals surface area (Å²) >= 11 is 1.68. The van der Waals surface area contributed by atoms with Crippen LogP contribution in [0.25, 0.3) is 10.2 Å². The number of carbonyl (C=O) groups excluding carboxylic acids is 1. The number of amides is 1. The zero-order valence-corrected chi connectivity index (χ0v) is 20.9. The third-order valence-corrected chi connectivity index (χ3v) is 8.04. The third kappa shape index (κ3) is 4.71. The molecule has 2 aliphatic rings. The minimum atomic E-state index is -0.140. The van der Waals surface area contributed by atoms with Gasteiger partial charge in [-0.05, 0) is 61.2 Å². The van der Waals surface area contributed by atoms with Crippen molar-refractivity contribution in [3.05, 3.63) is 90.0 Å². The number of hydrogen-bond donors (Lipinski definition) is 2. The largest absolute Gasteiger partial charge is 0.361 e. The molecule has 3 aromatic carbocycles. The molecular weight excluding hydrogens is 466 g/mol. The van der Waals surface area contributed by atoms with Crippen molar-refractivity contribution in [2.45, 2.75) is 37.6 Å². The van der Waals surface area contributed by atoms with Crippen molar-refractivity contribution in [3.63, 3.8) is 0 Å². The predicted molar refractivity (Wildman–Crippen MR) is 148 cm³/mol. The molecule has 1 amide bonds. The van der Waals surface area contributed by atoms with Gasteiger partial charge in [-0.1, -0.05) is 66.6 Å². The number of nitrogens with one attached hydrogen (secondary N) is 2. The minimum Gasteiger partial charge on any atom is -0.361 e. The zero-order chi connectivity index (χ0) is 24.4. The van der Waals surface area contributed by atoms with Gasteiger partial charge in [0.05, 0.1) is 22.3 Å². The van der Waals surface area contributed by atoms with Crippen LogP contribution in [-0.2, 0) is 6.42 Å². The highest BCUT2D eigenvalue weighted by atomic mass is 32.1. The van der Waals surface area contributed by atoms with E-state index in [9.17, 15) is 4.79 Å². The maximum absolute atomic E-state index is 13.3. The number of rotatable bonds is 6. The fourth-order valence-corrected chi connectivity index (χ4v) is 6.03. The lowest BCUT2D eigenvalue weighted by Crippen LogP contribution is -2.41. The molecule has 0 atom stereocenters. The van der Waals surface area contributed by atoms with Gasteiger partial charge in [0, 0.05) is 17.8 Å². The summed E-state index contributed by atoms with van der Waals surface area (Å²) in [5, 5.41) is 7.85. The predicted octanol–water partition coefficient (Wildman–Crippen LogP) is 6.19. The second-order valence-electron chi connectivity index (χ2n) is 9.61. The molecular formula is C29H29N5OS. The fraction of sp³-hybridized carbons (Fsp3) is 0.276. The fourth-order valence-electron chi connectivity index (χ4n) is 5.14. The van der Waals surface area contributed by atoms with Crippen molar-refractivity contribution < 1.29 is 4.79 Å². The lowest BCUT2D eigenvalue weighted by molar-refractivity contribution is 0.0841. The van der Waals surface area contributed by atoms with E-state index in [2.05, 4.69) is 45.9 Å². The second-order valence-corrected chi connectivity index (χ2v) is 10.6. The summed E-state index contributed by atoms with van der Waals surface area (Å²) in [4.78, 5) is 24.9. The average molecular weight is 496 g/mol. The number of guanidine groups is 1. The summed E-state index contributed by atoms with van der Waals surface area (Å²) in [5.74, 6) is 0.666. The lowest BCUT2D eigenvalue weighted by atomic mass is 9.99. The van der Waals surface area contributed by atoms with Crippen LogP contribution in [0, 0.1) is 0 Å². The van der Waals surface area contributed by atoms with Gasteiger partial charge in [0.15, 0.2) is 5.13 Å².